The number of aliphatic carboxylic acids is 1. The van der Waals surface area contributed by atoms with Gasteiger partial charge in [-0.05, 0) is 57.4 Å². The van der Waals surface area contributed by atoms with Crippen molar-refractivity contribution in [3.05, 3.63) is 35.9 Å². The number of piperazine rings is 1. The van der Waals surface area contributed by atoms with Gasteiger partial charge >= 0.3 is 5.97 Å². The molecular formula is C24H38N4O2. The minimum Gasteiger partial charge on any atom is -0.481 e. The highest BCUT2D eigenvalue weighted by atomic mass is 16.4. The van der Waals surface area contributed by atoms with Gasteiger partial charge in [-0.1, -0.05) is 30.3 Å². The minimum atomic E-state index is -0.681. The Labute approximate surface area is 181 Å². The summed E-state index contributed by atoms with van der Waals surface area (Å²) in [5.74, 6) is -0.681. The van der Waals surface area contributed by atoms with Crippen molar-refractivity contribution in [3.8, 4) is 0 Å². The average molecular weight is 415 g/mol. The van der Waals surface area contributed by atoms with Gasteiger partial charge in [0, 0.05) is 51.4 Å². The molecule has 3 saturated heterocycles. The lowest BCUT2D eigenvalue weighted by Crippen LogP contribution is -2.56. The molecule has 0 aliphatic carbocycles. The number of rotatable bonds is 7. The van der Waals surface area contributed by atoms with Gasteiger partial charge in [-0.2, -0.15) is 0 Å². The van der Waals surface area contributed by atoms with Gasteiger partial charge in [-0.15, -0.1) is 0 Å². The fourth-order valence-electron chi connectivity index (χ4n) is 5.51. The smallest absolute Gasteiger partial charge is 0.304 e. The first kappa shape index (κ1) is 21.8. The highest BCUT2D eigenvalue weighted by molar-refractivity contribution is 5.66. The molecule has 0 saturated carbocycles. The minimum absolute atomic E-state index is 0.271. The maximum absolute atomic E-state index is 10.8. The van der Waals surface area contributed by atoms with Crippen LogP contribution in [0.25, 0.3) is 0 Å². The molecule has 166 valence electrons. The largest absolute Gasteiger partial charge is 0.481 e. The Morgan fingerprint density at radius 3 is 1.77 bits per heavy atom. The van der Waals surface area contributed by atoms with Crippen molar-refractivity contribution >= 4 is 5.97 Å². The molecule has 3 fully saturated rings. The van der Waals surface area contributed by atoms with E-state index in [-0.39, 0.29) is 6.42 Å². The van der Waals surface area contributed by atoms with E-state index in [9.17, 15) is 4.79 Å². The Morgan fingerprint density at radius 2 is 1.27 bits per heavy atom. The molecule has 0 bridgehead atoms. The van der Waals surface area contributed by atoms with Gasteiger partial charge in [0.2, 0.25) is 0 Å². The fourth-order valence-corrected chi connectivity index (χ4v) is 5.51. The monoisotopic (exact) mass is 414 g/mol. The number of hydrogen-bond donors (Lipinski definition) is 1. The van der Waals surface area contributed by atoms with Gasteiger partial charge in [0.05, 0.1) is 6.42 Å². The summed E-state index contributed by atoms with van der Waals surface area (Å²) in [6.45, 7) is 11.2. The van der Waals surface area contributed by atoms with Crippen LogP contribution in [0.15, 0.2) is 30.3 Å². The molecule has 30 heavy (non-hydrogen) atoms. The van der Waals surface area contributed by atoms with Gasteiger partial charge in [0.1, 0.15) is 0 Å². The first-order valence-corrected chi connectivity index (χ1v) is 11.9. The summed E-state index contributed by atoms with van der Waals surface area (Å²) in [6.07, 6.45) is 5.26. The summed E-state index contributed by atoms with van der Waals surface area (Å²) in [7, 11) is 0. The van der Waals surface area contributed by atoms with Crippen LogP contribution >= 0.6 is 0 Å². The van der Waals surface area contributed by atoms with Gasteiger partial charge in [0.15, 0.2) is 0 Å². The third-order valence-electron chi connectivity index (χ3n) is 7.39. The van der Waals surface area contributed by atoms with E-state index < -0.39 is 5.97 Å². The highest BCUT2D eigenvalue weighted by Gasteiger charge is 2.31. The summed E-state index contributed by atoms with van der Waals surface area (Å²) in [5.41, 5.74) is 1.43. The summed E-state index contributed by atoms with van der Waals surface area (Å²) in [6, 6.07) is 12.3. The lowest BCUT2D eigenvalue weighted by Gasteiger charge is -2.46. The van der Waals surface area contributed by atoms with E-state index in [0.29, 0.717) is 12.6 Å². The molecule has 0 spiro atoms. The van der Waals surface area contributed by atoms with Crippen molar-refractivity contribution < 1.29 is 9.90 Å². The maximum Gasteiger partial charge on any atom is 0.304 e. The number of nitrogens with zero attached hydrogens (tertiary/aromatic N) is 4. The van der Waals surface area contributed by atoms with E-state index in [4.69, 9.17) is 5.11 Å². The van der Waals surface area contributed by atoms with Crippen molar-refractivity contribution in [1.29, 1.82) is 0 Å². The normalized spacial score (nSPS) is 24.3. The van der Waals surface area contributed by atoms with Crippen LogP contribution < -0.4 is 0 Å². The predicted octanol–water partition coefficient (Wildman–Crippen LogP) is 2.21. The zero-order valence-electron chi connectivity index (χ0n) is 18.3. The van der Waals surface area contributed by atoms with E-state index >= 15 is 0 Å². The average Bonchev–Trinajstić information content (AvgIpc) is 2.79. The molecular weight excluding hydrogens is 376 g/mol. The highest BCUT2D eigenvalue weighted by Crippen LogP contribution is 2.23. The number of hydrogen-bond acceptors (Lipinski definition) is 5. The first-order chi connectivity index (χ1) is 14.7. The van der Waals surface area contributed by atoms with Gasteiger partial charge in [-0.25, -0.2) is 0 Å². The molecule has 3 heterocycles. The van der Waals surface area contributed by atoms with Crippen molar-refractivity contribution in [2.24, 2.45) is 0 Å². The number of likely N-dealkylation sites (tertiary alicyclic amines) is 2. The molecule has 6 nitrogen and oxygen atoms in total. The number of benzene rings is 1. The van der Waals surface area contributed by atoms with Gasteiger partial charge in [0.25, 0.3) is 0 Å². The van der Waals surface area contributed by atoms with Crippen molar-refractivity contribution in [2.45, 2.75) is 50.7 Å². The molecule has 3 aliphatic heterocycles. The van der Waals surface area contributed by atoms with E-state index in [0.717, 1.165) is 25.7 Å². The molecule has 0 radical (unpaired) electrons. The standard InChI is InChI=1S/C24H38N4O2/c29-24(30)10-15-25-11-6-22(7-12-25)27-16-18-28(19-17-27)23-8-13-26(14-9-23)20-21-4-2-1-3-5-21/h1-5,22-23H,6-20H2,(H,29,30). The molecule has 6 heteroatoms. The Morgan fingerprint density at radius 1 is 0.767 bits per heavy atom. The third-order valence-corrected chi connectivity index (χ3v) is 7.39. The second-order valence-corrected chi connectivity index (χ2v) is 9.28. The zero-order valence-corrected chi connectivity index (χ0v) is 18.3. The molecule has 0 aromatic heterocycles. The second kappa shape index (κ2) is 10.7. The van der Waals surface area contributed by atoms with E-state index in [2.05, 4.69) is 49.9 Å². The summed E-state index contributed by atoms with van der Waals surface area (Å²) >= 11 is 0. The summed E-state index contributed by atoms with van der Waals surface area (Å²) < 4.78 is 0. The van der Waals surface area contributed by atoms with E-state index in [1.807, 2.05) is 0 Å². The predicted molar refractivity (Wildman–Crippen MR) is 120 cm³/mol. The number of carbonyl (C=O) groups is 1. The van der Waals surface area contributed by atoms with Crippen LogP contribution in [-0.4, -0.2) is 102 Å². The van der Waals surface area contributed by atoms with Crippen molar-refractivity contribution in [3.63, 3.8) is 0 Å². The number of carboxylic acids is 1. The van der Waals surface area contributed by atoms with Crippen LogP contribution in [0.4, 0.5) is 0 Å². The summed E-state index contributed by atoms with van der Waals surface area (Å²) in [4.78, 5) is 21.2. The van der Waals surface area contributed by atoms with Crippen LogP contribution in [0.5, 0.6) is 0 Å². The first-order valence-electron chi connectivity index (χ1n) is 11.9. The molecule has 1 aromatic carbocycles. The molecule has 0 unspecified atom stereocenters. The Kier molecular flexibility index (Phi) is 7.77. The van der Waals surface area contributed by atoms with E-state index in [1.165, 1.54) is 70.5 Å². The molecule has 1 N–H and O–H groups in total. The second-order valence-electron chi connectivity index (χ2n) is 9.28. The van der Waals surface area contributed by atoms with Crippen LogP contribution in [-0.2, 0) is 11.3 Å². The Balaban J connectivity index is 1.14. The quantitative estimate of drug-likeness (QED) is 0.738. The Hall–Kier alpha value is -1.47. The molecule has 4 rings (SSSR count). The van der Waals surface area contributed by atoms with E-state index in [1.54, 1.807) is 0 Å². The lowest BCUT2D eigenvalue weighted by molar-refractivity contribution is -0.137. The topological polar surface area (TPSA) is 50.3 Å². The Bertz CT molecular complexity index is 646. The van der Waals surface area contributed by atoms with Gasteiger partial charge < -0.3 is 10.0 Å². The van der Waals surface area contributed by atoms with Crippen LogP contribution in [0, 0.1) is 0 Å². The summed E-state index contributed by atoms with van der Waals surface area (Å²) in [5, 5.41) is 8.87. The zero-order chi connectivity index (χ0) is 20.8. The molecule has 1 aromatic rings. The lowest BCUT2D eigenvalue weighted by atomic mass is 9.99. The number of carboxylic acid groups (broad SMARTS) is 1. The SMILES string of the molecule is O=C(O)CCN1CCC(N2CCN(C3CCN(Cc4ccccc4)CC3)CC2)CC1. The van der Waals surface area contributed by atoms with Crippen molar-refractivity contribution in [2.75, 3.05) is 58.9 Å². The maximum atomic E-state index is 10.8. The number of piperidine rings is 2. The van der Waals surface area contributed by atoms with Crippen molar-refractivity contribution in [1.82, 2.24) is 19.6 Å². The van der Waals surface area contributed by atoms with Crippen LogP contribution in [0.1, 0.15) is 37.7 Å². The fraction of sp³-hybridized carbons (Fsp3) is 0.708. The third kappa shape index (κ3) is 6.03. The molecule has 0 amide bonds. The van der Waals surface area contributed by atoms with Crippen LogP contribution in [0.2, 0.25) is 0 Å². The van der Waals surface area contributed by atoms with Gasteiger partial charge in [-0.3, -0.25) is 19.5 Å². The molecule has 0 atom stereocenters. The van der Waals surface area contributed by atoms with Crippen LogP contribution in [0.3, 0.4) is 0 Å². The molecule has 3 aliphatic rings.